The number of aromatic nitrogens is 1. The standard InChI is InChI=1S/C18H18N2S/c1-12-7-8-17(13(2)9-12)21-11-15-10-14-5-3-4-6-16(14)20-18(15)19/h3-10H,11H2,1-2H3,(H2,19,20). The van der Waals surface area contributed by atoms with Crippen molar-refractivity contribution in [2.75, 3.05) is 5.73 Å². The zero-order valence-electron chi connectivity index (χ0n) is 12.3. The Morgan fingerprint density at radius 1 is 1.05 bits per heavy atom. The lowest BCUT2D eigenvalue weighted by Crippen LogP contribution is -1.97. The minimum absolute atomic E-state index is 0.631. The molecule has 0 fully saturated rings. The fourth-order valence-electron chi connectivity index (χ4n) is 2.41. The number of hydrogen-bond donors (Lipinski definition) is 1. The molecule has 0 saturated heterocycles. The van der Waals surface area contributed by atoms with Crippen LogP contribution in [0.3, 0.4) is 0 Å². The average molecular weight is 294 g/mol. The normalized spacial score (nSPS) is 11.0. The lowest BCUT2D eigenvalue weighted by Gasteiger charge is -2.09. The Morgan fingerprint density at radius 2 is 1.86 bits per heavy atom. The van der Waals surface area contributed by atoms with E-state index in [2.05, 4.69) is 49.2 Å². The number of nitrogen functional groups attached to an aromatic ring is 1. The first-order valence-corrected chi connectivity index (χ1v) is 7.96. The summed E-state index contributed by atoms with van der Waals surface area (Å²) in [5, 5.41) is 1.14. The number of aryl methyl sites for hydroxylation is 2. The molecule has 0 amide bonds. The van der Waals surface area contributed by atoms with E-state index < -0.39 is 0 Å². The number of hydrogen-bond acceptors (Lipinski definition) is 3. The third-order valence-electron chi connectivity index (χ3n) is 3.55. The molecule has 0 aliphatic carbocycles. The number of anilines is 1. The van der Waals surface area contributed by atoms with Gasteiger partial charge in [0.25, 0.3) is 0 Å². The fraction of sp³-hybridized carbons (Fsp3) is 0.167. The lowest BCUT2D eigenvalue weighted by molar-refractivity contribution is 1.25. The van der Waals surface area contributed by atoms with Gasteiger partial charge in [0, 0.05) is 21.6 Å². The van der Waals surface area contributed by atoms with Crippen LogP contribution in [-0.2, 0) is 5.75 Å². The molecule has 106 valence electrons. The zero-order valence-corrected chi connectivity index (χ0v) is 13.1. The van der Waals surface area contributed by atoms with Crippen LogP contribution in [0.25, 0.3) is 10.9 Å². The van der Waals surface area contributed by atoms with E-state index in [4.69, 9.17) is 5.73 Å². The van der Waals surface area contributed by atoms with Gasteiger partial charge in [0.2, 0.25) is 0 Å². The highest BCUT2D eigenvalue weighted by molar-refractivity contribution is 7.98. The summed E-state index contributed by atoms with van der Waals surface area (Å²) in [6, 6.07) is 16.8. The topological polar surface area (TPSA) is 38.9 Å². The molecule has 21 heavy (non-hydrogen) atoms. The molecule has 0 saturated carbocycles. The molecule has 3 heteroatoms. The van der Waals surface area contributed by atoms with E-state index in [1.165, 1.54) is 16.0 Å². The van der Waals surface area contributed by atoms with Crippen LogP contribution in [0.4, 0.5) is 5.82 Å². The predicted molar refractivity (Wildman–Crippen MR) is 91.6 cm³/mol. The Labute approximate surface area is 129 Å². The van der Waals surface area contributed by atoms with Crippen molar-refractivity contribution in [2.45, 2.75) is 24.5 Å². The second-order valence-electron chi connectivity index (χ2n) is 5.28. The Morgan fingerprint density at radius 3 is 2.67 bits per heavy atom. The van der Waals surface area contributed by atoms with E-state index in [9.17, 15) is 0 Å². The third-order valence-corrected chi connectivity index (χ3v) is 4.77. The van der Waals surface area contributed by atoms with Gasteiger partial charge in [0.15, 0.2) is 0 Å². The maximum atomic E-state index is 6.09. The SMILES string of the molecule is Cc1ccc(SCc2cc3ccccc3nc2N)c(C)c1. The van der Waals surface area contributed by atoms with E-state index in [0.29, 0.717) is 5.82 Å². The predicted octanol–water partition coefficient (Wildman–Crippen LogP) is 4.73. The second kappa shape index (κ2) is 5.78. The number of para-hydroxylation sites is 1. The molecule has 2 nitrogen and oxygen atoms in total. The Bertz CT molecular complexity index is 796. The molecule has 0 atom stereocenters. The van der Waals surface area contributed by atoms with Gasteiger partial charge in [-0.1, -0.05) is 35.9 Å². The summed E-state index contributed by atoms with van der Waals surface area (Å²) in [7, 11) is 0. The number of benzene rings is 2. The van der Waals surface area contributed by atoms with Crippen molar-refractivity contribution in [1.29, 1.82) is 0 Å². The van der Waals surface area contributed by atoms with E-state index in [1.54, 1.807) is 0 Å². The number of pyridine rings is 1. The van der Waals surface area contributed by atoms with E-state index >= 15 is 0 Å². The van der Waals surface area contributed by atoms with Gasteiger partial charge in [-0.2, -0.15) is 0 Å². The summed E-state index contributed by atoms with van der Waals surface area (Å²) in [5.74, 6) is 1.47. The zero-order chi connectivity index (χ0) is 14.8. The molecule has 3 rings (SSSR count). The van der Waals surface area contributed by atoms with E-state index in [0.717, 1.165) is 22.2 Å². The first-order valence-electron chi connectivity index (χ1n) is 6.97. The molecule has 2 aromatic carbocycles. The molecule has 1 aromatic heterocycles. The summed E-state index contributed by atoms with van der Waals surface area (Å²) in [5.41, 5.74) is 10.7. The van der Waals surface area contributed by atoms with Crippen molar-refractivity contribution in [3.05, 3.63) is 65.2 Å². The van der Waals surface area contributed by atoms with E-state index in [1.807, 2.05) is 30.0 Å². The largest absolute Gasteiger partial charge is 0.383 e. The van der Waals surface area contributed by atoms with Crippen LogP contribution in [0.2, 0.25) is 0 Å². The summed E-state index contributed by atoms with van der Waals surface area (Å²) in [4.78, 5) is 5.79. The van der Waals surface area contributed by atoms with Crippen LogP contribution in [0.1, 0.15) is 16.7 Å². The number of rotatable bonds is 3. The molecule has 3 aromatic rings. The quantitative estimate of drug-likeness (QED) is 0.710. The summed E-state index contributed by atoms with van der Waals surface area (Å²) < 4.78 is 0. The van der Waals surface area contributed by atoms with Gasteiger partial charge in [0.05, 0.1) is 5.52 Å². The van der Waals surface area contributed by atoms with Gasteiger partial charge in [0.1, 0.15) is 5.82 Å². The van der Waals surface area contributed by atoms with Gasteiger partial charge in [-0.05, 0) is 37.6 Å². The number of thioether (sulfide) groups is 1. The van der Waals surface area contributed by atoms with Crippen LogP contribution in [0.15, 0.2) is 53.4 Å². The van der Waals surface area contributed by atoms with E-state index in [-0.39, 0.29) is 0 Å². The summed E-state index contributed by atoms with van der Waals surface area (Å²) in [6.45, 7) is 4.27. The Kier molecular flexibility index (Phi) is 3.84. The van der Waals surface area contributed by atoms with Gasteiger partial charge in [-0.25, -0.2) is 4.98 Å². The first kappa shape index (κ1) is 14.0. The highest BCUT2D eigenvalue weighted by atomic mass is 32.2. The third kappa shape index (κ3) is 3.03. The number of nitrogens with zero attached hydrogens (tertiary/aromatic N) is 1. The van der Waals surface area contributed by atoms with Crippen LogP contribution in [-0.4, -0.2) is 4.98 Å². The Balaban J connectivity index is 1.86. The van der Waals surface area contributed by atoms with Gasteiger partial charge < -0.3 is 5.73 Å². The molecule has 1 heterocycles. The van der Waals surface area contributed by atoms with Crippen molar-refractivity contribution in [1.82, 2.24) is 4.98 Å². The monoisotopic (exact) mass is 294 g/mol. The van der Waals surface area contributed by atoms with Crippen molar-refractivity contribution in [2.24, 2.45) is 0 Å². The molecular weight excluding hydrogens is 276 g/mol. The smallest absolute Gasteiger partial charge is 0.128 e. The molecule has 0 unspecified atom stereocenters. The minimum Gasteiger partial charge on any atom is -0.383 e. The van der Waals surface area contributed by atoms with Gasteiger partial charge in [-0.15, -0.1) is 11.8 Å². The molecule has 0 aliphatic heterocycles. The molecule has 0 bridgehead atoms. The fourth-order valence-corrected chi connectivity index (χ4v) is 3.40. The maximum Gasteiger partial charge on any atom is 0.128 e. The lowest BCUT2D eigenvalue weighted by atomic mass is 10.1. The van der Waals surface area contributed by atoms with Crippen LogP contribution in [0.5, 0.6) is 0 Å². The Hall–Kier alpha value is -2.00. The van der Waals surface area contributed by atoms with Gasteiger partial charge in [-0.3, -0.25) is 0 Å². The highest BCUT2D eigenvalue weighted by Gasteiger charge is 2.06. The molecular formula is C18H18N2S. The van der Waals surface area contributed by atoms with Crippen molar-refractivity contribution < 1.29 is 0 Å². The van der Waals surface area contributed by atoms with Gasteiger partial charge >= 0.3 is 0 Å². The molecule has 0 radical (unpaired) electrons. The average Bonchev–Trinajstić information content (AvgIpc) is 2.46. The molecule has 2 N–H and O–H groups in total. The highest BCUT2D eigenvalue weighted by Crippen LogP contribution is 2.29. The number of fused-ring (bicyclic) bond motifs is 1. The van der Waals surface area contributed by atoms with Crippen molar-refractivity contribution in [3.8, 4) is 0 Å². The van der Waals surface area contributed by atoms with Crippen molar-refractivity contribution in [3.63, 3.8) is 0 Å². The summed E-state index contributed by atoms with van der Waals surface area (Å²) in [6.07, 6.45) is 0. The number of nitrogens with two attached hydrogens (primary N) is 1. The van der Waals surface area contributed by atoms with Crippen LogP contribution >= 0.6 is 11.8 Å². The minimum atomic E-state index is 0.631. The molecule has 0 aliphatic rings. The van der Waals surface area contributed by atoms with Crippen LogP contribution < -0.4 is 5.73 Å². The van der Waals surface area contributed by atoms with Crippen molar-refractivity contribution >= 4 is 28.5 Å². The van der Waals surface area contributed by atoms with Crippen LogP contribution in [0, 0.1) is 13.8 Å². The molecule has 0 spiro atoms. The second-order valence-corrected chi connectivity index (χ2v) is 6.30. The summed E-state index contributed by atoms with van der Waals surface area (Å²) >= 11 is 1.81. The first-order chi connectivity index (χ1) is 10.1. The maximum absolute atomic E-state index is 6.09.